The van der Waals surface area contributed by atoms with Crippen molar-refractivity contribution in [3.8, 4) is 0 Å². The van der Waals surface area contributed by atoms with Crippen molar-refractivity contribution in [3.05, 3.63) is 144 Å². The standard InChI is InChI=1S/C48H72N3O11P3S2/c1-45(61-63(49,52)53,41-25-9-5-10-26-41)33-19-23-39-66(57)47(3,43-29-13-7-14-30-43)35-17-21-37-59-65(51,56)60-38-22-18-36-48(4,44-31-15-8-16-32-44)67(58)40-24-20-34-46(2,62-64(50,54)55)42-27-11-6-12-28-42/h5-16,25-32H,17-24,33-40H2,1-4H3,(H2,51,56)(H3,49,52,53)(H3,50,54,55). The Morgan fingerprint density at radius 3 is 1.03 bits per heavy atom. The number of hydrogen-bond donors (Lipinski definition) is 5. The summed E-state index contributed by atoms with van der Waals surface area (Å²) in [5.41, 5.74) is 18.0. The van der Waals surface area contributed by atoms with E-state index in [9.17, 15) is 31.9 Å². The van der Waals surface area contributed by atoms with Crippen LogP contribution in [-0.2, 0) is 74.1 Å². The Balaban J connectivity index is 1.23. The van der Waals surface area contributed by atoms with Crippen LogP contribution in [0.25, 0.3) is 0 Å². The summed E-state index contributed by atoms with van der Waals surface area (Å²) >= 11 is 0. The van der Waals surface area contributed by atoms with Gasteiger partial charge in [0.1, 0.15) is 11.2 Å². The van der Waals surface area contributed by atoms with E-state index < -0.39 is 65.5 Å². The minimum Gasteiger partial charge on any atom is -0.313 e. The summed E-state index contributed by atoms with van der Waals surface area (Å²) < 4.78 is 86.2. The molecule has 14 nitrogen and oxygen atoms in total. The van der Waals surface area contributed by atoms with Gasteiger partial charge in [-0.25, -0.2) is 30.2 Å². The number of hydrogen-bond acceptors (Lipinski definition) is 9. The van der Waals surface area contributed by atoms with Crippen LogP contribution in [0.3, 0.4) is 0 Å². The third kappa shape index (κ3) is 18.6. The summed E-state index contributed by atoms with van der Waals surface area (Å²) in [6.45, 7) is 7.63. The van der Waals surface area contributed by atoms with Gasteiger partial charge in [-0.1, -0.05) is 121 Å². The smallest absolute Gasteiger partial charge is 0.313 e. The maximum absolute atomic E-state index is 14.1. The molecule has 0 bridgehead atoms. The maximum Gasteiger partial charge on any atom is 0.402 e. The molecule has 372 valence electrons. The zero-order valence-corrected chi connectivity index (χ0v) is 43.6. The van der Waals surface area contributed by atoms with Crippen LogP contribution in [0.4, 0.5) is 0 Å². The summed E-state index contributed by atoms with van der Waals surface area (Å²) in [6, 6.07) is 37.7. The molecule has 0 radical (unpaired) electrons. The minimum absolute atomic E-state index is 0.0897. The van der Waals surface area contributed by atoms with Crippen molar-refractivity contribution in [1.82, 2.24) is 0 Å². The molecule has 4 aromatic rings. The Morgan fingerprint density at radius 2 is 0.731 bits per heavy atom. The number of benzene rings is 4. The van der Waals surface area contributed by atoms with Gasteiger partial charge < -0.3 is 9.79 Å². The van der Waals surface area contributed by atoms with E-state index in [-0.39, 0.29) is 13.2 Å². The summed E-state index contributed by atoms with van der Waals surface area (Å²) in [6.07, 6.45) is 6.51. The zero-order chi connectivity index (χ0) is 49.2. The molecular formula is C48H72N3O11P3S2. The first-order valence-corrected chi connectivity index (χ1v) is 30.4. The van der Waals surface area contributed by atoms with Crippen LogP contribution in [-0.4, -0.2) is 42.9 Å². The van der Waals surface area contributed by atoms with Crippen molar-refractivity contribution in [2.24, 2.45) is 16.5 Å². The maximum atomic E-state index is 14.1. The topological polar surface area (TPSA) is 241 Å². The minimum atomic E-state index is -4.29. The normalized spacial score (nSPS) is 19.2. The highest BCUT2D eigenvalue weighted by Crippen LogP contribution is 2.47. The summed E-state index contributed by atoms with van der Waals surface area (Å²) in [4.78, 5) is 19.7. The Labute approximate surface area is 403 Å². The van der Waals surface area contributed by atoms with Crippen molar-refractivity contribution in [1.29, 1.82) is 0 Å². The van der Waals surface area contributed by atoms with Crippen LogP contribution in [0.15, 0.2) is 121 Å². The van der Waals surface area contributed by atoms with E-state index in [0.29, 0.717) is 88.6 Å². The molecule has 8 unspecified atom stereocenters. The van der Waals surface area contributed by atoms with Gasteiger partial charge in [-0.3, -0.25) is 26.5 Å². The summed E-state index contributed by atoms with van der Waals surface area (Å²) in [5, 5.41) is 0. The van der Waals surface area contributed by atoms with Gasteiger partial charge in [0.05, 0.1) is 22.7 Å². The fourth-order valence-electron chi connectivity index (χ4n) is 8.40. The third-order valence-electron chi connectivity index (χ3n) is 12.3. The molecule has 0 amide bonds. The average Bonchev–Trinajstić information content (AvgIpc) is 3.28. The van der Waals surface area contributed by atoms with Crippen LogP contribution < -0.4 is 16.5 Å². The van der Waals surface area contributed by atoms with Crippen molar-refractivity contribution in [2.45, 2.75) is 125 Å². The van der Waals surface area contributed by atoms with E-state index in [2.05, 4.69) is 0 Å². The Morgan fingerprint density at radius 1 is 0.448 bits per heavy atom. The second-order valence-electron chi connectivity index (χ2n) is 17.8. The van der Waals surface area contributed by atoms with Gasteiger partial charge >= 0.3 is 23.2 Å². The first-order chi connectivity index (χ1) is 31.5. The molecule has 0 spiro atoms. The molecule has 4 rings (SSSR count). The Hall–Kier alpha value is -2.49. The molecular weight excluding hydrogens is 952 g/mol. The second kappa shape index (κ2) is 26.1. The summed E-state index contributed by atoms with van der Waals surface area (Å²) in [5.74, 6) is 0.798. The highest BCUT2D eigenvalue weighted by molar-refractivity contribution is 7.86. The molecule has 0 aliphatic carbocycles. The predicted octanol–water partition coefficient (Wildman–Crippen LogP) is 11.1. The molecule has 0 aliphatic heterocycles. The van der Waals surface area contributed by atoms with Gasteiger partial charge in [-0.05, 0) is 127 Å². The number of rotatable bonds is 32. The zero-order valence-electron chi connectivity index (χ0n) is 39.3. The van der Waals surface area contributed by atoms with Gasteiger partial charge in [0.2, 0.25) is 0 Å². The van der Waals surface area contributed by atoms with E-state index in [0.717, 1.165) is 22.3 Å². The van der Waals surface area contributed by atoms with E-state index in [1.54, 1.807) is 13.8 Å². The van der Waals surface area contributed by atoms with E-state index in [1.165, 1.54) is 0 Å². The molecule has 0 saturated carbocycles. The van der Waals surface area contributed by atoms with E-state index in [1.807, 2.05) is 135 Å². The van der Waals surface area contributed by atoms with E-state index >= 15 is 0 Å². The van der Waals surface area contributed by atoms with Gasteiger partial charge in [-0.15, -0.1) is 0 Å². The molecule has 19 heteroatoms. The van der Waals surface area contributed by atoms with Crippen molar-refractivity contribution < 1.29 is 50.0 Å². The SMILES string of the molecule is CC(CCCCS(=O)C(C)(CCCCOP(N)(=O)OCCCCC(C)(c1ccccc1)S(=O)CCCCC(C)(OP(N)(=O)O)c1ccccc1)c1ccccc1)(OP(N)(=O)O)c1ccccc1. The van der Waals surface area contributed by atoms with Crippen LogP contribution >= 0.6 is 23.2 Å². The highest BCUT2D eigenvalue weighted by Gasteiger charge is 2.37. The largest absolute Gasteiger partial charge is 0.402 e. The lowest BCUT2D eigenvalue weighted by Gasteiger charge is -2.32. The first kappa shape index (κ1) is 57.1. The van der Waals surface area contributed by atoms with Crippen molar-refractivity contribution >= 4 is 44.8 Å². The summed E-state index contributed by atoms with van der Waals surface area (Å²) in [7, 11) is -15.0. The van der Waals surface area contributed by atoms with Crippen LogP contribution in [0, 0.1) is 0 Å². The Kier molecular flexibility index (Phi) is 22.2. The van der Waals surface area contributed by atoms with Crippen LogP contribution in [0.5, 0.6) is 0 Å². The Bertz CT molecular complexity index is 2140. The molecule has 8 N–H and O–H groups in total. The third-order valence-corrected chi connectivity index (χ3v) is 18.9. The van der Waals surface area contributed by atoms with Crippen LogP contribution in [0.2, 0.25) is 0 Å². The second-order valence-corrected chi connectivity index (χ2v) is 26.1. The fourth-order valence-corrected chi connectivity index (χ4v) is 14.2. The molecule has 8 atom stereocenters. The van der Waals surface area contributed by atoms with Crippen molar-refractivity contribution in [2.75, 3.05) is 24.7 Å². The monoisotopic (exact) mass is 1020 g/mol. The molecule has 0 saturated heterocycles. The lowest BCUT2D eigenvalue weighted by Crippen LogP contribution is -2.30. The van der Waals surface area contributed by atoms with E-state index in [4.69, 9.17) is 34.6 Å². The van der Waals surface area contributed by atoms with Crippen molar-refractivity contribution in [3.63, 3.8) is 0 Å². The molecule has 0 aromatic heterocycles. The first-order valence-electron chi connectivity index (χ1n) is 22.8. The lowest BCUT2D eigenvalue weighted by atomic mass is 9.91. The van der Waals surface area contributed by atoms with Gasteiger partial charge in [-0.2, -0.15) is 0 Å². The lowest BCUT2D eigenvalue weighted by molar-refractivity contribution is 0.0595. The predicted molar refractivity (Wildman–Crippen MR) is 270 cm³/mol. The molecule has 0 heterocycles. The van der Waals surface area contributed by atoms with Crippen LogP contribution in [0.1, 0.15) is 127 Å². The van der Waals surface area contributed by atoms with Gasteiger partial charge in [0, 0.05) is 33.1 Å². The van der Waals surface area contributed by atoms with Gasteiger partial charge in [0.15, 0.2) is 0 Å². The van der Waals surface area contributed by atoms with Gasteiger partial charge in [0.25, 0.3) is 0 Å². The number of nitrogens with two attached hydrogens (primary N) is 3. The molecule has 4 aromatic carbocycles. The molecule has 0 aliphatic rings. The fraction of sp³-hybridized carbons (Fsp3) is 0.500. The number of unbranched alkanes of at least 4 members (excludes halogenated alkanes) is 4. The molecule has 0 fully saturated rings. The molecule has 67 heavy (non-hydrogen) atoms. The highest BCUT2D eigenvalue weighted by atomic mass is 32.2. The quantitative estimate of drug-likeness (QED) is 0.0226. The average molecular weight is 1020 g/mol.